The fourth-order valence-electron chi connectivity index (χ4n) is 0. The molecule has 0 aliphatic carbocycles. The van der Waals surface area contributed by atoms with Crippen LogP contribution < -0.4 is 17.9 Å². The molecule has 0 saturated carbocycles. The number of rotatable bonds is 0. The Kier molecular flexibility index (Phi) is 21.4. The molecule has 0 amide bonds. The molecule has 4 heavy (non-hydrogen) atoms. The predicted octanol–water partition coefficient (Wildman–Crippen LogP) is -1.46. The molecule has 4 heteroatoms. The molecular weight excluding hydrogens is 350 g/mol. The zero-order valence-electron chi connectivity index (χ0n) is 1.44. The van der Waals surface area contributed by atoms with Crippen molar-refractivity contribution in [2.45, 2.75) is 0 Å². The van der Waals surface area contributed by atoms with E-state index in [0.29, 0.717) is 0 Å². The van der Waals surface area contributed by atoms with Gasteiger partial charge in [0.1, 0.15) is 0 Å². The predicted molar refractivity (Wildman–Crippen MR) is 14.8 cm³/mol. The van der Waals surface area contributed by atoms with Gasteiger partial charge in [-0.3, -0.25) is 0 Å². The number of hydrogen-bond acceptors (Lipinski definition) is 0. The standard InChI is InChI=1S/Ag.BrClI/c;1-3-2/q;-1. The van der Waals surface area contributed by atoms with E-state index in [1.165, 1.54) is 0 Å². The number of hydrogen-bond donors (Lipinski definition) is 0. The van der Waals surface area contributed by atoms with Crippen molar-refractivity contribution in [3.05, 3.63) is 0 Å². The second kappa shape index (κ2) is 8.97. The fourth-order valence-corrected chi connectivity index (χ4v) is 0. The van der Waals surface area contributed by atoms with Gasteiger partial charge in [-0.2, -0.15) is 0 Å². The van der Waals surface area contributed by atoms with Crippen LogP contribution in [0.3, 0.4) is 0 Å². The van der Waals surface area contributed by atoms with Crippen molar-refractivity contribution in [1.29, 1.82) is 0 Å². The first-order chi connectivity index (χ1) is 1.41. The largest absolute Gasteiger partial charge is 0 e. The third-order valence-corrected chi connectivity index (χ3v) is 0. The molecule has 0 aliphatic heterocycles. The van der Waals surface area contributed by atoms with Crippen LogP contribution in [0.25, 0.3) is 0 Å². The van der Waals surface area contributed by atoms with Gasteiger partial charge in [0.15, 0.2) is 0 Å². The summed E-state index contributed by atoms with van der Waals surface area (Å²) in [4.78, 5) is 0. The molecule has 0 fully saturated rings. The van der Waals surface area contributed by atoms with Gasteiger partial charge in [0.05, 0.1) is 0 Å². The van der Waals surface area contributed by atoms with Crippen molar-refractivity contribution >= 4 is 21.6 Å². The van der Waals surface area contributed by atoms with Gasteiger partial charge >= 0.3 is 39.5 Å². The Hall–Kier alpha value is 2.24. The smallest absolute Gasteiger partial charge is 0 e. The summed E-state index contributed by atoms with van der Waals surface area (Å²) in [5, 5.41) is 0. The Bertz CT molecular complexity index is 8.00. The van der Waals surface area contributed by atoms with Crippen LogP contribution in [0.1, 0.15) is 0 Å². The second-order valence-corrected chi connectivity index (χ2v) is 5.65. The molecule has 0 aliphatic rings. The minimum absolute atomic E-state index is 0. The molecule has 1 radical (unpaired) electrons. The van der Waals surface area contributed by atoms with Crippen LogP contribution >= 0.6 is 21.6 Å². The third kappa shape index (κ3) is 8.87. The van der Waals surface area contributed by atoms with E-state index in [2.05, 4.69) is 12.7 Å². The molecule has 0 aromatic rings. The van der Waals surface area contributed by atoms with Crippen LogP contribution in [0.15, 0.2) is 0 Å². The minimum atomic E-state index is -0.125. The summed E-state index contributed by atoms with van der Waals surface area (Å²) >= 11 is 2.90. The first kappa shape index (κ1) is 9.53. The van der Waals surface area contributed by atoms with Crippen LogP contribution in [-0.4, -0.2) is 0 Å². The molecule has 0 aromatic carbocycles. The summed E-state index contributed by atoms with van der Waals surface area (Å²) in [6.07, 6.45) is 0. The Morgan fingerprint density at radius 3 is 1.75 bits per heavy atom. The summed E-state index contributed by atoms with van der Waals surface area (Å²) in [5.74, 6) is 0. The van der Waals surface area contributed by atoms with Crippen LogP contribution in [0.2, 0.25) is 0 Å². The molecule has 33 valence electrons. The second-order valence-electron chi connectivity index (χ2n) is 0.0540. The van der Waals surface area contributed by atoms with Crippen molar-refractivity contribution in [3.63, 3.8) is 0 Å². The van der Waals surface area contributed by atoms with Crippen LogP contribution in [0.5, 0.6) is 0 Å². The maximum Gasteiger partial charge on any atom is 0 e. The Labute approximate surface area is 60.9 Å². The molecule has 0 spiro atoms. The van der Waals surface area contributed by atoms with E-state index < -0.39 is 0 Å². The van der Waals surface area contributed by atoms with Gasteiger partial charge in [0.25, 0.3) is 0 Å². The molecule has 0 aromatic heterocycles. The monoisotopic (exact) mass is 348 g/mol. The summed E-state index contributed by atoms with van der Waals surface area (Å²) in [5.41, 5.74) is 0. The summed E-state index contributed by atoms with van der Waals surface area (Å²) in [7, 11) is 5.03. The first-order valence-electron chi connectivity index (χ1n) is 0.286. The average molecular weight is 350 g/mol. The zero-order chi connectivity index (χ0) is 2.71. The molecule has 0 saturated heterocycles. The third-order valence-electron chi connectivity index (χ3n) is 0. The van der Waals surface area contributed by atoms with Crippen LogP contribution in [-0.2, 0) is 22.4 Å². The fraction of sp³-hybridized carbons (Fsp3) is 0. The van der Waals surface area contributed by atoms with E-state index in [1.807, 2.05) is 0 Å². The molecule has 0 nitrogen and oxygen atoms in total. The molecule has 0 rings (SSSR count). The Morgan fingerprint density at radius 2 is 1.75 bits per heavy atom. The molecule has 0 atom stereocenters. The van der Waals surface area contributed by atoms with Crippen molar-refractivity contribution in [3.8, 4) is 0 Å². The average Bonchev–Trinajstić information content (AvgIpc) is 0.918. The number of halogens is 3. The van der Waals surface area contributed by atoms with E-state index in [-0.39, 0.29) is 40.2 Å². The van der Waals surface area contributed by atoms with Gasteiger partial charge in [-0.05, 0) is 0 Å². The molecular formula is AgBrClI-. The van der Waals surface area contributed by atoms with Crippen molar-refractivity contribution < 1.29 is 40.2 Å². The van der Waals surface area contributed by atoms with Gasteiger partial charge in [0.2, 0.25) is 0 Å². The van der Waals surface area contributed by atoms with E-state index in [0.717, 1.165) is 0 Å². The van der Waals surface area contributed by atoms with E-state index in [4.69, 9.17) is 8.91 Å². The molecule has 0 bridgehead atoms. The summed E-state index contributed by atoms with van der Waals surface area (Å²) in [6.45, 7) is 0. The molecule has 0 unspecified atom stereocenters. The van der Waals surface area contributed by atoms with E-state index in [9.17, 15) is 0 Å². The Morgan fingerprint density at radius 1 is 1.75 bits per heavy atom. The van der Waals surface area contributed by atoms with E-state index >= 15 is 0 Å². The van der Waals surface area contributed by atoms with E-state index in [1.54, 1.807) is 0 Å². The van der Waals surface area contributed by atoms with Crippen LogP contribution in [0.4, 0.5) is 0 Å². The Balaban J connectivity index is 0. The molecule has 0 N–H and O–H groups in total. The van der Waals surface area contributed by atoms with Gasteiger partial charge in [-0.1, -0.05) is 0 Å². The van der Waals surface area contributed by atoms with Gasteiger partial charge in [0, 0.05) is 22.4 Å². The quantitative estimate of drug-likeness (QED) is 0.370. The molecule has 0 heterocycles. The van der Waals surface area contributed by atoms with Gasteiger partial charge in [-0.25, -0.2) is 0 Å². The van der Waals surface area contributed by atoms with Gasteiger partial charge < -0.3 is 0 Å². The first-order valence-corrected chi connectivity index (χ1v) is 7.85. The van der Waals surface area contributed by atoms with Crippen LogP contribution in [0, 0.1) is 0 Å². The SMILES string of the molecule is Cl[I-]Br.[Ag]. The van der Waals surface area contributed by atoms with Crippen molar-refractivity contribution in [2.24, 2.45) is 0 Å². The summed E-state index contributed by atoms with van der Waals surface area (Å²) in [6, 6.07) is 0. The minimum Gasteiger partial charge on any atom is 0 e. The normalized spacial score (nSPS) is 5.50. The maximum absolute atomic E-state index is 5.03. The summed E-state index contributed by atoms with van der Waals surface area (Å²) < 4.78 is 0. The topological polar surface area (TPSA) is 0 Å². The van der Waals surface area contributed by atoms with Crippen molar-refractivity contribution in [1.82, 2.24) is 0 Å². The van der Waals surface area contributed by atoms with Crippen molar-refractivity contribution in [2.75, 3.05) is 0 Å². The van der Waals surface area contributed by atoms with Gasteiger partial charge in [-0.15, -0.1) is 0 Å². The zero-order valence-corrected chi connectivity index (χ0v) is 7.42. The maximum atomic E-state index is 5.03.